The van der Waals surface area contributed by atoms with Crippen molar-refractivity contribution in [3.8, 4) is 0 Å². The van der Waals surface area contributed by atoms with Crippen LogP contribution in [0.2, 0.25) is 10.0 Å². The number of hydrogen-bond donors (Lipinski definition) is 1. The standard InChI is InChI=1S/C15H12Cl2F3N/c1-2-21-15(9-4-3-5-10(16)14(9)17)13-11(19)6-8(18)7-12(13)20/h3-7,15,21H,2H2,1H3. The Hall–Kier alpha value is -1.23. The van der Waals surface area contributed by atoms with E-state index in [4.69, 9.17) is 23.2 Å². The molecule has 2 aromatic carbocycles. The molecule has 1 unspecified atom stereocenters. The Morgan fingerprint density at radius 1 is 1.10 bits per heavy atom. The highest BCUT2D eigenvalue weighted by Gasteiger charge is 2.24. The quantitative estimate of drug-likeness (QED) is 0.819. The van der Waals surface area contributed by atoms with E-state index in [1.165, 1.54) is 0 Å². The van der Waals surface area contributed by atoms with Crippen LogP contribution in [0.1, 0.15) is 24.1 Å². The van der Waals surface area contributed by atoms with Crippen molar-refractivity contribution in [2.24, 2.45) is 0 Å². The average Bonchev–Trinajstić information content (AvgIpc) is 2.40. The van der Waals surface area contributed by atoms with Gasteiger partial charge in [-0.1, -0.05) is 42.3 Å². The van der Waals surface area contributed by atoms with Crippen molar-refractivity contribution in [3.05, 3.63) is 69.0 Å². The van der Waals surface area contributed by atoms with E-state index in [-0.39, 0.29) is 15.6 Å². The first-order chi connectivity index (χ1) is 9.95. The third-order valence-electron chi connectivity index (χ3n) is 3.03. The maximum Gasteiger partial charge on any atom is 0.134 e. The lowest BCUT2D eigenvalue weighted by Gasteiger charge is -2.21. The van der Waals surface area contributed by atoms with Gasteiger partial charge in [0, 0.05) is 17.7 Å². The molecule has 0 aliphatic heterocycles. The van der Waals surface area contributed by atoms with Crippen molar-refractivity contribution in [2.45, 2.75) is 13.0 Å². The van der Waals surface area contributed by atoms with Gasteiger partial charge in [-0.3, -0.25) is 0 Å². The maximum atomic E-state index is 14.0. The molecule has 0 aromatic heterocycles. The highest BCUT2D eigenvalue weighted by atomic mass is 35.5. The van der Waals surface area contributed by atoms with E-state index < -0.39 is 23.5 Å². The Morgan fingerprint density at radius 2 is 1.71 bits per heavy atom. The summed E-state index contributed by atoms with van der Waals surface area (Å²) in [5.41, 5.74) is 0.137. The van der Waals surface area contributed by atoms with Crippen LogP contribution >= 0.6 is 23.2 Å². The van der Waals surface area contributed by atoms with Crippen molar-refractivity contribution in [2.75, 3.05) is 6.54 Å². The summed E-state index contributed by atoms with van der Waals surface area (Å²) >= 11 is 12.1. The van der Waals surface area contributed by atoms with Crippen molar-refractivity contribution in [1.29, 1.82) is 0 Å². The minimum absolute atomic E-state index is 0.202. The first kappa shape index (κ1) is 16.1. The van der Waals surface area contributed by atoms with Crippen LogP contribution in [0.15, 0.2) is 30.3 Å². The van der Waals surface area contributed by atoms with Gasteiger partial charge in [-0.05, 0) is 18.2 Å². The molecule has 21 heavy (non-hydrogen) atoms. The molecule has 0 aliphatic rings. The number of hydrogen-bond acceptors (Lipinski definition) is 1. The maximum absolute atomic E-state index is 14.0. The van der Waals surface area contributed by atoms with Crippen LogP contribution in [0.5, 0.6) is 0 Å². The zero-order chi connectivity index (χ0) is 15.6. The number of benzene rings is 2. The summed E-state index contributed by atoms with van der Waals surface area (Å²) in [6.45, 7) is 2.22. The summed E-state index contributed by atoms with van der Waals surface area (Å²) in [6, 6.07) is 5.24. The predicted molar refractivity (Wildman–Crippen MR) is 78.3 cm³/mol. The lowest BCUT2D eigenvalue weighted by atomic mass is 9.97. The van der Waals surface area contributed by atoms with Gasteiger partial charge in [-0.2, -0.15) is 0 Å². The molecule has 0 heterocycles. The fourth-order valence-corrected chi connectivity index (χ4v) is 2.56. The third kappa shape index (κ3) is 3.34. The van der Waals surface area contributed by atoms with Crippen LogP contribution in [0.4, 0.5) is 13.2 Å². The molecule has 0 spiro atoms. The number of nitrogens with one attached hydrogen (secondary N) is 1. The SMILES string of the molecule is CCNC(c1cccc(Cl)c1Cl)c1c(F)cc(F)cc1F. The van der Waals surface area contributed by atoms with Crippen LogP contribution < -0.4 is 5.32 Å². The van der Waals surface area contributed by atoms with Crippen LogP contribution in [-0.2, 0) is 0 Å². The molecule has 1 N–H and O–H groups in total. The highest BCUT2D eigenvalue weighted by molar-refractivity contribution is 6.42. The lowest BCUT2D eigenvalue weighted by Crippen LogP contribution is -2.24. The predicted octanol–water partition coefficient (Wildman–Crippen LogP) is 5.11. The summed E-state index contributed by atoms with van der Waals surface area (Å²) in [4.78, 5) is 0. The minimum atomic E-state index is -0.977. The van der Waals surface area contributed by atoms with Gasteiger partial charge in [0.25, 0.3) is 0 Å². The minimum Gasteiger partial charge on any atom is -0.306 e. The largest absolute Gasteiger partial charge is 0.306 e. The molecule has 1 atom stereocenters. The number of rotatable bonds is 4. The zero-order valence-corrected chi connectivity index (χ0v) is 12.6. The molecule has 6 heteroatoms. The Morgan fingerprint density at radius 3 is 2.29 bits per heavy atom. The second-order valence-corrected chi connectivity index (χ2v) is 5.20. The van der Waals surface area contributed by atoms with Gasteiger partial charge >= 0.3 is 0 Å². The summed E-state index contributed by atoms with van der Waals surface area (Å²) < 4.78 is 41.1. The van der Waals surface area contributed by atoms with E-state index in [1.54, 1.807) is 25.1 Å². The zero-order valence-electron chi connectivity index (χ0n) is 11.1. The Balaban J connectivity index is 2.62. The fraction of sp³-hybridized carbons (Fsp3) is 0.200. The molecule has 0 saturated carbocycles. The fourth-order valence-electron chi connectivity index (χ4n) is 2.14. The second-order valence-electron chi connectivity index (χ2n) is 4.42. The smallest absolute Gasteiger partial charge is 0.134 e. The number of halogens is 5. The van der Waals surface area contributed by atoms with E-state index in [2.05, 4.69) is 5.32 Å². The van der Waals surface area contributed by atoms with Crippen molar-refractivity contribution in [1.82, 2.24) is 5.32 Å². The molecule has 0 radical (unpaired) electrons. The summed E-state index contributed by atoms with van der Waals surface area (Å²) in [5.74, 6) is -2.93. The lowest BCUT2D eigenvalue weighted by molar-refractivity contribution is 0.492. The van der Waals surface area contributed by atoms with Crippen molar-refractivity contribution in [3.63, 3.8) is 0 Å². The highest BCUT2D eigenvalue weighted by Crippen LogP contribution is 2.35. The van der Waals surface area contributed by atoms with Gasteiger partial charge < -0.3 is 5.32 Å². The molecule has 0 saturated heterocycles. The van der Waals surface area contributed by atoms with Gasteiger partial charge in [0.2, 0.25) is 0 Å². The molecule has 0 fully saturated rings. The molecule has 0 aliphatic carbocycles. The van der Waals surface area contributed by atoms with Crippen LogP contribution in [-0.4, -0.2) is 6.54 Å². The molecule has 0 amide bonds. The summed E-state index contributed by atoms with van der Waals surface area (Å²) in [7, 11) is 0. The average molecular weight is 334 g/mol. The summed E-state index contributed by atoms with van der Waals surface area (Å²) in [5, 5.41) is 3.42. The van der Waals surface area contributed by atoms with Gasteiger partial charge in [-0.25, -0.2) is 13.2 Å². The molecular weight excluding hydrogens is 322 g/mol. The van der Waals surface area contributed by atoms with E-state index >= 15 is 0 Å². The van der Waals surface area contributed by atoms with Crippen LogP contribution in [0.3, 0.4) is 0 Å². The Bertz CT molecular complexity index is 638. The molecule has 2 rings (SSSR count). The first-order valence-corrected chi connectivity index (χ1v) is 7.03. The van der Waals surface area contributed by atoms with E-state index in [9.17, 15) is 13.2 Å². The molecule has 2 aromatic rings. The van der Waals surface area contributed by atoms with Crippen LogP contribution in [0, 0.1) is 17.5 Å². The van der Waals surface area contributed by atoms with Gasteiger partial charge in [0.05, 0.1) is 16.1 Å². The van der Waals surface area contributed by atoms with Gasteiger partial charge in [0.1, 0.15) is 17.5 Å². The summed E-state index contributed by atoms with van der Waals surface area (Å²) in [6.07, 6.45) is 0. The monoisotopic (exact) mass is 333 g/mol. The van der Waals surface area contributed by atoms with E-state index in [1.807, 2.05) is 0 Å². The van der Waals surface area contributed by atoms with E-state index in [0.29, 0.717) is 24.2 Å². The Labute approximate surface area is 130 Å². The molecular formula is C15H12Cl2F3N. The molecule has 1 nitrogen and oxygen atoms in total. The second kappa shape index (κ2) is 6.69. The first-order valence-electron chi connectivity index (χ1n) is 6.27. The molecule has 0 bridgehead atoms. The van der Waals surface area contributed by atoms with Crippen molar-refractivity contribution < 1.29 is 13.2 Å². The molecule has 112 valence electrons. The van der Waals surface area contributed by atoms with Gasteiger partial charge in [-0.15, -0.1) is 0 Å². The van der Waals surface area contributed by atoms with Crippen molar-refractivity contribution >= 4 is 23.2 Å². The van der Waals surface area contributed by atoms with E-state index in [0.717, 1.165) is 0 Å². The third-order valence-corrected chi connectivity index (χ3v) is 3.87. The Kier molecular flexibility index (Phi) is 5.14. The van der Waals surface area contributed by atoms with Gasteiger partial charge in [0.15, 0.2) is 0 Å². The van der Waals surface area contributed by atoms with Crippen LogP contribution in [0.25, 0.3) is 0 Å². The normalized spacial score (nSPS) is 12.5. The topological polar surface area (TPSA) is 12.0 Å².